The Balaban J connectivity index is 1.68. The van der Waals surface area contributed by atoms with Crippen LogP contribution in [0, 0.1) is 12.8 Å². The first-order chi connectivity index (χ1) is 13.1. The van der Waals surface area contributed by atoms with Crippen LogP contribution in [0.25, 0.3) is 0 Å². The highest BCUT2D eigenvalue weighted by Gasteiger charge is 2.43. The molecular weight excluding hydrogens is 378 g/mol. The van der Waals surface area contributed by atoms with Crippen molar-refractivity contribution in [2.75, 3.05) is 11.9 Å². The molecule has 0 amide bonds. The summed E-state index contributed by atoms with van der Waals surface area (Å²) in [6, 6.07) is 5.74. The molecule has 1 aromatic heterocycles. The number of nitrogens with one attached hydrogen (secondary N) is 1. The Morgan fingerprint density at radius 1 is 1.21 bits per heavy atom. The number of likely N-dealkylation sites (N-methyl/N-ethyl adjacent to an activating group) is 1. The van der Waals surface area contributed by atoms with Crippen molar-refractivity contribution < 1.29 is 10.2 Å². The molecule has 2 aliphatic rings. The van der Waals surface area contributed by atoms with E-state index >= 15 is 0 Å². The summed E-state index contributed by atoms with van der Waals surface area (Å²) in [5.41, 5.74) is 3.32. The average molecular weight is 402 g/mol. The second kappa shape index (κ2) is 6.24. The summed E-state index contributed by atoms with van der Waals surface area (Å²) in [5.74, 6) is -1.47. The van der Waals surface area contributed by atoms with Crippen LogP contribution in [0.2, 0.25) is 5.02 Å². The number of aromatic nitrogens is 2. The molecular formula is C21H24ClN3O3-2. The SMILES string of the molecule is Cc1[nH]n(C)c(=O)c1C1C([O-])C(C=C2N(C)c3ccc(Cl)cc3C2(C)C)C1[O-]. The lowest BCUT2D eigenvalue weighted by atomic mass is 9.65. The van der Waals surface area contributed by atoms with Crippen molar-refractivity contribution in [2.45, 2.75) is 44.3 Å². The molecule has 0 bridgehead atoms. The largest absolute Gasteiger partial charge is 0.851 e. The minimum atomic E-state index is -1.13. The number of aromatic amines is 1. The summed E-state index contributed by atoms with van der Waals surface area (Å²) >= 11 is 6.18. The molecule has 1 aliphatic heterocycles. The number of hydrogen-bond donors (Lipinski definition) is 1. The second-order valence-electron chi connectivity index (χ2n) is 8.44. The zero-order valence-corrected chi connectivity index (χ0v) is 17.4. The highest BCUT2D eigenvalue weighted by Crippen LogP contribution is 2.50. The van der Waals surface area contributed by atoms with Gasteiger partial charge in [-0.1, -0.05) is 31.5 Å². The standard InChI is InChI=1S/C21H24ClN3O3/c1-10-16(20(28)25(5)23-10)17-18(26)12(19(17)27)9-15-21(2,3)13-8-11(22)6-7-14(13)24(15)4/h6-9,12,17-19,23H,1-5H3/q-2. The second-order valence-corrected chi connectivity index (χ2v) is 8.88. The Hall–Kier alpha value is -2.02. The number of halogens is 1. The topological polar surface area (TPSA) is 87.1 Å². The van der Waals surface area contributed by atoms with Crippen LogP contribution in [0.1, 0.15) is 36.6 Å². The molecule has 7 heteroatoms. The van der Waals surface area contributed by atoms with Gasteiger partial charge in [0.25, 0.3) is 5.56 Å². The molecule has 0 saturated heterocycles. The van der Waals surface area contributed by atoms with Gasteiger partial charge in [0.15, 0.2) is 0 Å². The summed E-state index contributed by atoms with van der Waals surface area (Å²) < 4.78 is 1.32. The van der Waals surface area contributed by atoms with Crippen molar-refractivity contribution in [1.29, 1.82) is 0 Å². The number of aryl methyl sites for hydroxylation is 2. The van der Waals surface area contributed by atoms with Gasteiger partial charge in [-0.05, 0) is 42.5 Å². The number of benzene rings is 1. The molecule has 28 heavy (non-hydrogen) atoms. The minimum absolute atomic E-state index is 0.282. The van der Waals surface area contributed by atoms with Gasteiger partial charge in [-0.2, -0.15) is 0 Å². The number of allylic oxidation sites excluding steroid dienone is 1. The van der Waals surface area contributed by atoms with E-state index in [1.54, 1.807) is 14.0 Å². The zero-order chi connectivity index (χ0) is 20.5. The van der Waals surface area contributed by atoms with E-state index in [1.165, 1.54) is 4.68 Å². The first-order valence-electron chi connectivity index (χ1n) is 9.39. The van der Waals surface area contributed by atoms with Gasteiger partial charge in [-0.3, -0.25) is 14.6 Å². The smallest absolute Gasteiger partial charge is 0.269 e. The van der Waals surface area contributed by atoms with Crippen molar-refractivity contribution in [3.63, 3.8) is 0 Å². The summed E-state index contributed by atoms with van der Waals surface area (Å²) in [4.78, 5) is 14.3. The van der Waals surface area contributed by atoms with E-state index < -0.39 is 24.0 Å². The molecule has 1 aromatic carbocycles. The van der Waals surface area contributed by atoms with E-state index in [9.17, 15) is 15.0 Å². The molecule has 2 heterocycles. The van der Waals surface area contributed by atoms with Crippen LogP contribution in [0.15, 0.2) is 34.8 Å². The van der Waals surface area contributed by atoms with Crippen molar-refractivity contribution in [1.82, 2.24) is 9.78 Å². The van der Waals surface area contributed by atoms with Crippen LogP contribution in [0.4, 0.5) is 5.69 Å². The predicted octanol–water partition coefficient (Wildman–Crippen LogP) is 1.16. The molecule has 2 atom stereocenters. The highest BCUT2D eigenvalue weighted by molar-refractivity contribution is 6.30. The van der Waals surface area contributed by atoms with Crippen LogP contribution in [0.3, 0.4) is 0 Å². The van der Waals surface area contributed by atoms with Crippen LogP contribution in [-0.2, 0) is 12.5 Å². The summed E-state index contributed by atoms with van der Waals surface area (Å²) in [7, 11) is 3.53. The molecule has 1 N–H and O–H groups in total. The Bertz CT molecular complexity index is 1030. The molecule has 6 nitrogen and oxygen atoms in total. The van der Waals surface area contributed by atoms with E-state index in [4.69, 9.17) is 11.6 Å². The van der Waals surface area contributed by atoms with Crippen LogP contribution < -0.4 is 20.7 Å². The Kier molecular flexibility index (Phi) is 4.30. The van der Waals surface area contributed by atoms with Crippen molar-refractivity contribution in [3.8, 4) is 0 Å². The zero-order valence-electron chi connectivity index (χ0n) is 16.6. The Labute approximate surface area is 169 Å². The molecule has 0 radical (unpaired) electrons. The third-order valence-electron chi connectivity index (χ3n) is 6.42. The van der Waals surface area contributed by atoms with Gasteiger partial charge in [0.1, 0.15) is 0 Å². The number of H-pyrrole nitrogens is 1. The van der Waals surface area contributed by atoms with Crippen LogP contribution in [0.5, 0.6) is 0 Å². The number of anilines is 1. The third-order valence-corrected chi connectivity index (χ3v) is 6.65. The van der Waals surface area contributed by atoms with Gasteiger partial charge >= 0.3 is 0 Å². The summed E-state index contributed by atoms with van der Waals surface area (Å²) in [6.45, 7) is 5.87. The highest BCUT2D eigenvalue weighted by atomic mass is 35.5. The first-order valence-corrected chi connectivity index (χ1v) is 9.76. The fourth-order valence-corrected chi connectivity index (χ4v) is 4.98. The molecule has 0 spiro atoms. The van der Waals surface area contributed by atoms with E-state index in [0.717, 1.165) is 16.9 Å². The number of fused-ring (bicyclic) bond motifs is 1. The predicted molar refractivity (Wildman–Crippen MR) is 106 cm³/mol. The quantitative estimate of drug-likeness (QED) is 0.818. The maximum atomic E-state index is 13.0. The van der Waals surface area contributed by atoms with E-state index in [1.807, 2.05) is 36.2 Å². The van der Waals surface area contributed by atoms with Crippen LogP contribution in [-0.4, -0.2) is 29.0 Å². The number of hydrogen-bond acceptors (Lipinski definition) is 4. The number of rotatable bonds is 2. The van der Waals surface area contributed by atoms with Gasteiger partial charge in [-0.15, -0.1) is 12.2 Å². The summed E-state index contributed by atoms with van der Waals surface area (Å²) in [5, 5.41) is 29.5. The van der Waals surface area contributed by atoms with E-state index in [2.05, 4.69) is 18.9 Å². The molecule has 4 rings (SSSR count). The number of nitrogens with zero attached hydrogens (tertiary/aromatic N) is 2. The summed E-state index contributed by atoms with van der Waals surface area (Å²) in [6.07, 6.45) is -0.436. The maximum Gasteiger partial charge on any atom is 0.269 e. The Morgan fingerprint density at radius 3 is 2.43 bits per heavy atom. The van der Waals surface area contributed by atoms with Crippen molar-refractivity contribution >= 4 is 17.3 Å². The van der Waals surface area contributed by atoms with E-state index in [-0.39, 0.29) is 11.0 Å². The van der Waals surface area contributed by atoms with Crippen LogP contribution >= 0.6 is 11.6 Å². The maximum absolute atomic E-state index is 13.0. The molecule has 2 aromatic rings. The van der Waals surface area contributed by atoms with Gasteiger partial charge in [-0.25, -0.2) is 0 Å². The lowest BCUT2D eigenvalue weighted by Gasteiger charge is -2.60. The molecule has 2 unspecified atom stereocenters. The molecule has 1 aliphatic carbocycles. The first kappa shape index (κ1) is 19.3. The third kappa shape index (κ3) is 2.51. The van der Waals surface area contributed by atoms with Gasteiger partial charge < -0.3 is 15.1 Å². The molecule has 1 saturated carbocycles. The lowest BCUT2D eigenvalue weighted by molar-refractivity contribution is -0.543. The van der Waals surface area contributed by atoms with Gasteiger partial charge in [0.2, 0.25) is 0 Å². The van der Waals surface area contributed by atoms with E-state index in [0.29, 0.717) is 16.3 Å². The van der Waals surface area contributed by atoms with Gasteiger partial charge in [0, 0.05) is 47.2 Å². The monoisotopic (exact) mass is 401 g/mol. The fraction of sp³-hybridized carbons (Fsp3) is 0.476. The molecule has 150 valence electrons. The average Bonchev–Trinajstić information content (AvgIpc) is 2.97. The fourth-order valence-electron chi connectivity index (χ4n) is 4.81. The molecule has 1 fully saturated rings. The normalized spacial score (nSPS) is 29.9. The van der Waals surface area contributed by atoms with Gasteiger partial charge in [0.05, 0.1) is 0 Å². The lowest BCUT2D eigenvalue weighted by Crippen LogP contribution is -2.65. The van der Waals surface area contributed by atoms with Crippen molar-refractivity contribution in [2.24, 2.45) is 13.0 Å². The Morgan fingerprint density at radius 2 is 1.86 bits per heavy atom. The minimum Gasteiger partial charge on any atom is -0.851 e. The van der Waals surface area contributed by atoms with Crippen molar-refractivity contribution in [3.05, 3.63) is 62.2 Å².